The summed E-state index contributed by atoms with van der Waals surface area (Å²) in [5.41, 5.74) is 1.15. The van der Waals surface area contributed by atoms with E-state index in [9.17, 15) is 5.11 Å². The van der Waals surface area contributed by atoms with Crippen molar-refractivity contribution < 1.29 is 23.8 Å². The van der Waals surface area contributed by atoms with Gasteiger partial charge in [-0.3, -0.25) is 0 Å². The minimum absolute atomic E-state index is 0.0323. The van der Waals surface area contributed by atoms with Crippen LogP contribution < -0.4 is 4.89 Å². The normalized spacial score (nSPS) is 20.8. The molecular formula is C20H24O5S. The molecule has 140 valence electrons. The van der Waals surface area contributed by atoms with Crippen molar-refractivity contribution in [1.29, 1.82) is 0 Å². The molecule has 0 aromatic heterocycles. The molecule has 0 saturated carbocycles. The summed E-state index contributed by atoms with van der Waals surface area (Å²) in [5, 5.41) is 10.2. The third-order valence-electron chi connectivity index (χ3n) is 4.15. The van der Waals surface area contributed by atoms with E-state index in [1.165, 1.54) is 0 Å². The molecular weight excluding hydrogens is 352 g/mol. The number of rotatable bonds is 10. The lowest BCUT2D eigenvalue weighted by molar-refractivity contribution is -0.0811. The lowest BCUT2D eigenvalue weighted by atomic mass is 10.1. The van der Waals surface area contributed by atoms with Crippen LogP contribution in [0.4, 0.5) is 0 Å². The van der Waals surface area contributed by atoms with Crippen molar-refractivity contribution in [3.8, 4) is 5.75 Å². The summed E-state index contributed by atoms with van der Waals surface area (Å²) in [4.78, 5) is 5.13. The summed E-state index contributed by atoms with van der Waals surface area (Å²) in [6, 6.07) is 19.3. The first-order valence-corrected chi connectivity index (χ1v) is 9.69. The van der Waals surface area contributed by atoms with E-state index in [0.717, 1.165) is 30.4 Å². The lowest BCUT2D eigenvalue weighted by Gasteiger charge is -2.18. The number of aliphatic hydroxyl groups excluding tert-OH is 1. The number of benzene rings is 2. The molecule has 0 bridgehead atoms. The fraction of sp³-hybridized carbons (Fsp3) is 0.400. The first-order chi connectivity index (χ1) is 12.8. The zero-order valence-electron chi connectivity index (χ0n) is 14.5. The molecule has 1 saturated heterocycles. The molecule has 0 aliphatic carbocycles. The van der Waals surface area contributed by atoms with Gasteiger partial charge in [-0.25, -0.2) is 0 Å². The van der Waals surface area contributed by atoms with Crippen molar-refractivity contribution >= 4 is 12.0 Å². The highest BCUT2D eigenvalue weighted by molar-refractivity contribution is 7.94. The molecule has 1 heterocycles. The van der Waals surface area contributed by atoms with Crippen LogP contribution in [0.25, 0.3) is 0 Å². The van der Waals surface area contributed by atoms with Crippen LogP contribution in [0.15, 0.2) is 60.7 Å². The van der Waals surface area contributed by atoms with E-state index < -0.39 is 6.10 Å². The summed E-state index contributed by atoms with van der Waals surface area (Å²) in [6.45, 7) is 1.12. The number of para-hydroxylation sites is 1. The number of aliphatic hydroxyl groups is 1. The highest BCUT2D eigenvalue weighted by Crippen LogP contribution is 2.25. The number of hydrogen-bond donors (Lipinski definition) is 1. The van der Waals surface area contributed by atoms with Gasteiger partial charge in [-0.1, -0.05) is 48.5 Å². The molecule has 2 aromatic carbocycles. The van der Waals surface area contributed by atoms with Crippen LogP contribution in [0.2, 0.25) is 0 Å². The van der Waals surface area contributed by atoms with Crippen LogP contribution in [-0.4, -0.2) is 35.8 Å². The quantitative estimate of drug-likeness (QED) is 0.295. The van der Waals surface area contributed by atoms with Crippen LogP contribution in [0, 0.1) is 0 Å². The fourth-order valence-corrected chi connectivity index (χ4v) is 3.30. The Bertz CT molecular complexity index is 625. The molecule has 3 atom stereocenters. The predicted octanol–water partition coefficient (Wildman–Crippen LogP) is 3.77. The van der Waals surface area contributed by atoms with Gasteiger partial charge in [0, 0.05) is 12.0 Å². The average Bonchev–Trinajstić information content (AvgIpc) is 3.16. The summed E-state index contributed by atoms with van der Waals surface area (Å²) >= 11 is 1.08. The van der Waals surface area contributed by atoms with E-state index in [2.05, 4.69) is 0 Å². The fourth-order valence-electron chi connectivity index (χ4n) is 2.77. The zero-order chi connectivity index (χ0) is 18.0. The second kappa shape index (κ2) is 10.5. The predicted molar refractivity (Wildman–Crippen MR) is 101 cm³/mol. The first-order valence-electron chi connectivity index (χ1n) is 8.77. The Kier molecular flexibility index (Phi) is 7.79. The van der Waals surface area contributed by atoms with E-state index in [1.807, 2.05) is 48.5 Å². The Hall–Kier alpha value is -1.57. The Morgan fingerprint density at radius 1 is 1.04 bits per heavy atom. The van der Waals surface area contributed by atoms with E-state index >= 15 is 0 Å². The van der Waals surface area contributed by atoms with Gasteiger partial charge >= 0.3 is 0 Å². The summed E-state index contributed by atoms with van der Waals surface area (Å²) in [6.07, 6.45) is 0.958. The molecule has 1 N–H and O–H groups in total. The molecule has 0 amide bonds. The van der Waals surface area contributed by atoms with E-state index in [-0.39, 0.29) is 12.2 Å². The third kappa shape index (κ3) is 6.30. The van der Waals surface area contributed by atoms with Gasteiger partial charge in [-0.05, 0) is 30.5 Å². The first kappa shape index (κ1) is 19.2. The molecule has 26 heavy (non-hydrogen) atoms. The van der Waals surface area contributed by atoms with E-state index in [1.54, 1.807) is 12.1 Å². The van der Waals surface area contributed by atoms with E-state index in [0.29, 0.717) is 24.7 Å². The molecule has 0 spiro atoms. The average molecular weight is 376 g/mol. The van der Waals surface area contributed by atoms with Crippen molar-refractivity contribution in [2.24, 2.45) is 0 Å². The van der Waals surface area contributed by atoms with Crippen molar-refractivity contribution in [3.63, 3.8) is 0 Å². The zero-order valence-corrected chi connectivity index (χ0v) is 15.3. The molecule has 1 aliphatic rings. The minimum Gasteiger partial charge on any atom is -0.389 e. The van der Waals surface area contributed by atoms with E-state index in [4.69, 9.17) is 18.7 Å². The molecule has 6 heteroatoms. The van der Waals surface area contributed by atoms with Gasteiger partial charge in [0.1, 0.15) is 0 Å². The molecule has 1 aliphatic heterocycles. The molecule has 1 fully saturated rings. The third-order valence-corrected chi connectivity index (χ3v) is 4.79. The van der Waals surface area contributed by atoms with Gasteiger partial charge in [-0.15, -0.1) is 4.33 Å². The van der Waals surface area contributed by atoms with Crippen molar-refractivity contribution in [1.82, 2.24) is 0 Å². The Balaban J connectivity index is 1.28. The Morgan fingerprint density at radius 2 is 1.77 bits per heavy atom. The highest BCUT2D eigenvalue weighted by Gasteiger charge is 2.31. The highest BCUT2D eigenvalue weighted by atomic mass is 32.2. The standard InChI is InChI=1S/C20H24O5S/c21-19(15-26-25-24-17-9-5-2-6-10-17)20-12-11-18(23-20)14-22-13-16-7-3-1-4-8-16/h1-10,18-21H,11-15H2. The van der Waals surface area contributed by atoms with Crippen molar-refractivity contribution in [2.75, 3.05) is 12.4 Å². The molecule has 0 radical (unpaired) electrons. The molecule has 5 nitrogen and oxygen atoms in total. The maximum atomic E-state index is 10.2. The van der Waals surface area contributed by atoms with Gasteiger partial charge in [-0.2, -0.15) is 0 Å². The van der Waals surface area contributed by atoms with Gasteiger partial charge < -0.3 is 19.5 Å². The van der Waals surface area contributed by atoms with Crippen LogP contribution in [0.5, 0.6) is 5.75 Å². The summed E-state index contributed by atoms with van der Waals surface area (Å²) in [5.74, 6) is 1.01. The second-order valence-corrected chi connectivity index (χ2v) is 6.90. The van der Waals surface area contributed by atoms with Gasteiger partial charge in [0.25, 0.3) is 0 Å². The second-order valence-electron chi connectivity index (χ2n) is 6.19. The van der Waals surface area contributed by atoms with Gasteiger partial charge in [0.05, 0.1) is 37.3 Å². The SMILES string of the molecule is OC(CSOOc1ccccc1)C1CCC(COCc2ccccc2)O1. The maximum absolute atomic E-state index is 10.2. The summed E-state index contributed by atoms with van der Waals surface area (Å²) in [7, 11) is 0. The molecule has 3 unspecified atom stereocenters. The Morgan fingerprint density at radius 3 is 2.54 bits per heavy atom. The molecule has 3 rings (SSSR count). The number of ether oxygens (including phenoxy) is 2. The van der Waals surface area contributed by atoms with Crippen molar-refractivity contribution in [2.45, 2.75) is 37.8 Å². The number of hydrogen-bond acceptors (Lipinski definition) is 6. The van der Waals surface area contributed by atoms with Crippen molar-refractivity contribution in [3.05, 3.63) is 66.2 Å². The van der Waals surface area contributed by atoms with Crippen LogP contribution >= 0.6 is 12.0 Å². The van der Waals surface area contributed by atoms with Gasteiger partial charge in [0.15, 0.2) is 5.75 Å². The Labute approximate surface area is 158 Å². The largest absolute Gasteiger partial charge is 0.389 e. The minimum atomic E-state index is -0.599. The van der Waals surface area contributed by atoms with Gasteiger partial charge in [0.2, 0.25) is 0 Å². The van der Waals surface area contributed by atoms with Crippen LogP contribution in [0.3, 0.4) is 0 Å². The lowest BCUT2D eigenvalue weighted by Crippen LogP contribution is -2.29. The molecule has 2 aromatic rings. The smallest absolute Gasteiger partial charge is 0.166 e. The topological polar surface area (TPSA) is 57.2 Å². The monoisotopic (exact) mass is 376 g/mol. The van der Waals surface area contributed by atoms with Crippen LogP contribution in [0.1, 0.15) is 18.4 Å². The summed E-state index contributed by atoms with van der Waals surface area (Å²) < 4.78 is 16.7. The maximum Gasteiger partial charge on any atom is 0.166 e. The van der Waals surface area contributed by atoms with Crippen LogP contribution in [-0.2, 0) is 20.4 Å².